The second-order valence-corrected chi connectivity index (χ2v) is 5.25. The van der Waals surface area contributed by atoms with Gasteiger partial charge in [-0.2, -0.15) is 0 Å². The number of nitrogens with two attached hydrogens (primary N) is 1. The quantitative estimate of drug-likeness (QED) is 0.820. The van der Waals surface area contributed by atoms with Crippen molar-refractivity contribution in [2.75, 3.05) is 27.3 Å². The Balaban J connectivity index is 2.02. The van der Waals surface area contributed by atoms with Crippen molar-refractivity contribution in [1.29, 1.82) is 0 Å². The summed E-state index contributed by atoms with van der Waals surface area (Å²) in [6.07, 6.45) is 0.285. The minimum atomic E-state index is 0.142. The summed E-state index contributed by atoms with van der Waals surface area (Å²) in [4.78, 5) is 2.76. The molecule has 19 heavy (non-hydrogen) atoms. The van der Waals surface area contributed by atoms with Crippen LogP contribution in [-0.2, 0) is 16.0 Å². The average Bonchev–Trinajstić information content (AvgIpc) is 2.81. The van der Waals surface area contributed by atoms with E-state index in [4.69, 9.17) is 27.4 Å². The maximum atomic E-state index is 5.66. The van der Waals surface area contributed by atoms with Crippen molar-refractivity contribution in [2.24, 2.45) is 5.73 Å². The lowest BCUT2D eigenvalue weighted by Crippen LogP contribution is -2.27. The maximum absolute atomic E-state index is 5.66. The van der Waals surface area contributed by atoms with Crippen molar-refractivity contribution < 1.29 is 9.47 Å². The second-order valence-electron chi connectivity index (χ2n) is 4.81. The minimum absolute atomic E-state index is 0.142. The number of benzene rings is 1. The molecule has 1 aliphatic heterocycles. The number of methoxy groups -OCH3 is 2. The van der Waals surface area contributed by atoms with Gasteiger partial charge < -0.3 is 15.2 Å². The first-order valence-electron chi connectivity index (χ1n) is 6.30. The van der Waals surface area contributed by atoms with Crippen molar-refractivity contribution in [3.8, 4) is 0 Å². The fourth-order valence-electron chi connectivity index (χ4n) is 2.48. The zero-order chi connectivity index (χ0) is 13.8. The minimum Gasteiger partial charge on any atom is -0.389 e. The van der Waals surface area contributed by atoms with Crippen LogP contribution in [0.5, 0.6) is 0 Å². The highest BCUT2D eigenvalue weighted by molar-refractivity contribution is 7.80. The van der Waals surface area contributed by atoms with Gasteiger partial charge in [-0.1, -0.05) is 30.4 Å². The number of ether oxygens (including phenoxy) is 2. The summed E-state index contributed by atoms with van der Waals surface area (Å²) >= 11 is 5.00. The van der Waals surface area contributed by atoms with Crippen molar-refractivity contribution in [2.45, 2.75) is 18.8 Å². The van der Waals surface area contributed by atoms with Gasteiger partial charge in [-0.05, 0) is 11.6 Å². The molecule has 0 aliphatic carbocycles. The molecule has 0 aromatic heterocycles. The van der Waals surface area contributed by atoms with Gasteiger partial charge in [0.05, 0.1) is 12.2 Å². The first-order chi connectivity index (χ1) is 9.13. The Labute approximate surface area is 119 Å². The van der Waals surface area contributed by atoms with E-state index in [-0.39, 0.29) is 12.2 Å². The van der Waals surface area contributed by atoms with Crippen LogP contribution < -0.4 is 5.73 Å². The summed E-state index contributed by atoms with van der Waals surface area (Å²) in [6.45, 7) is 2.62. The molecule has 1 heterocycles. The first kappa shape index (κ1) is 14.4. The first-order valence-corrected chi connectivity index (χ1v) is 6.71. The molecule has 104 valence electrons. The van der Waals surface area contributed by atoms with E-state index in [9.17, 15) is 0 Å². The Morgan fingerprint density at radius 1 is 1.32 bits per heavy atom. The van der Waals surface area contributed by atoms with Crippen LogP contribution in [-0.4, -0.2) is 49.4 Å². The van der Waals surface area contributed by atoms with E-state index in [1.807, 2.05) is 18.2 Å². The van der Waals surface area contributed by atoms with E-state index in [1.54, 1.807) is 14.2 Å². The lowest BCUT2D eigenvalue weighted by Gasteiger charge is -2.15. The third-order valence-corrected chi connectivity index (χ3v) is 3.75. The molecule has 0 spiro atoms. The fourth-order valence-corrected chi connectivity index (χ4v) is 2.61. The molecule has 1 aromatic carbocycles. The molecule has 0 amide bonds. The Morgan fingerprint density at radius 2 is 1.95 bits per heavy atom. The fraction of sp³-hybridized carbons (Fsp3) is 0.500. The SMILES string of the molecule is COC1CN(Cc2cccc(C(N)=S)c2)CC1OC. The molecule has 1 fully saturated rings. The molecule has 5 heteroatoms. The van der Waals surface area contributed by atoms with Gasteiger partial charge in [-0.25, -0.2) is 0 Å². The van der Waals surface area contributed by atoms with E-state index >= 15 is 0 Å². The van der Waals surface area contributed by atoms with Gasteiger partial charge in [0.1, 0.15) is 4.99 Å². The molecule has 1 saturated heterocycles. The highest BCUT2D eigenvalue weighted by Crippen LogP contribution is 2.18. The summed E-state index contributed by atoms with van der Waals surface area (Å²) in [6, 6.07) is 8.06. The molecule has 2 unspecified atom stereocenters. The van der Waals surface area contributed by atoms with E-state index in [0.29, 0.717) is 4.99 Å². The highest BCUT2D eigenvalue weighted by atomic mass is 32.1. The number of likely N-dealkylation sites (tertiary alicyclic amines) is 1. The lowest BCUT2D eigenvalue weighted by atomic mass is 10.1. The smallest absolute Gasteiger partial charge is 0.103 e. The number of hydrogen-bond acceptors (Lipinski definition) is 4. The summed E-state index contributed by atoms with van der Waals surface area (Å²) in [5.41, 5.74) is 7.78. The molecule has 0 radical (unpaired) electrons. The summed E-state index contributed by atoms with van der Waals surface area (Å²) in [5.74, 6) is 0. The van der Waals surface area contributed by atoms with E-state index < -0.39 is 0 Å². The standard InChI is InChI=1S/C14H20N2O2S/c1-17-12-8-16(9-13(12)18-2)7-10-4-3-5-11(6-10)14(15)19/h3-6,12-13H,7-9H2,1-2H3,(H2,15,19). The molecule has 1 aromatic rings. The molecule has 2 atom stereocenters. The van der Waals surface area contributed by atoms with Crippen LogP contribution in [0.1, 0.15) is 11.1 Å². The van der Waals surface area contributed by atoms with Gasteiger partial charge >= 0.3 is 0 Å². The number of hydrogen-bond donors (Lipinski definition) is 1. The molecule has 0 saturated carbocycles. The highest BCUT2D eigenvalue weighted by Gasteiger charge is 2.32. The molecule has 4 nitrogen and oxygen atoms in total. The van der Waals surface area contributed by atoms with Crippen molar-refractivity contribution in [3.05, 3.63) is 35.4 Å². The topological polar surface area (TPSA) is 47.7 Å². The van der Waals surface area contributed by atoms with Crippen LogP contribution in [0, 0.1) is 0 Å². The van der Waals surface area contributed by atoms with Gasteiger partial charge in [-0.15, -0.1) is 0 Å². The van der Waals surface area contributed by atoms with Crippen LogP contribution in [0.3, 0.4) is 0 Å². The van der Waals surface area contributed by atoms with Gasteiger partial charge in [0.2, 0.25) is 0 Å². The Morgan fingerprint density at radius 3 is 2.47 bits per heavy atom. The van der Waals surface area contributed by atoms with E-state index in [0.717, 1.165) is 25.2 Å². The van der Waals surface area contributed by atoms with E-state index in [2.05, 4.69) is 11.0 Å². The largest absolute Gasteiger partial charge is 0.389 e. The number of thiocarbonyl (C=S) groups is 1. The molecular formula is C14H20N2O2S. The number of rotatable bonds is 5. The zero-order valence-electron chi connectivity index (χ0n) is 11.3. The van der Waals surface area contributed by atoms with Gasteiger partial charge in [-0.3, -0.25) is 4.90 Å². The summed E-state index contributed by atoms with van der Waals surface area (Å²) in [7, 11) is 3.46. The van der Waals surface area contributed by atoms with Gasteiger partial charge in [0, 0.05) is 39.4 Å². The van der Waals surface area contributed by atoms with Gasteiger partial charge in [0.25, 0.3) is 0 Å². The molecule has 0 bridgehead atoms. The molecule has 1 aliphatic rings. The maximum Gasteiger partial charge on any atom is 0.103 e. The monoisotopic (exact) mass is 280 g/mol. The Kier molecular flexibility index (Phi) is 4.87. The number of nitrogens with zero attached hydrogens (tertiary/aromatic N) is 1. The average molecular weight is 280 g/mol. The predicted molar refractivity (Wildman–Crippen MR) is 79.2 cm³/mol. The van der Waals surface area contributed by atoms with Crippen LogP contribution in [0.15, 0.2) is 24.3 Å². The predicted octanol–water partition coefficient (Wildman–Crippen LogP) is 1.17. The molecular weight excluding hydrogens is 260 g/mol. The van der Waals surface area contributed by atoms with Crippen LogP contribution in [0.4, 0.5) is 0 Å². The van der Waals surface area contributed by atoms with Crippen LogP contribution in [0.2, 0.25) is 0 Å². The van der Waals surface area contributed by atoms with Crippen molar-refractivity contribution in [1.82, 2.24) is 4.90 Å². The Hall–Kier alpha value is -1.01. The lowest BCUT2D eigenvalue weighted by molar-refractivity contribution is -0.00461. The normalized spacial score (nSPS) is 23.7. The summed E-state index contributed by atoms with van der Waals surface area (Å²) in [5, 5.41) is 0. The van der Waals surface area contributed by atoms with Crippen molar-refractivity contribution in [3.63, 3.8) is 0 Å². The molecule has 2 rings (SSSR count). The molecule has 2 N–H and O–H groups in total. The third-order valence-electron chi connectivity index (χ3n) is 3.51. The van der Waals surface area contributed by atoms with Gasteiger partial charge in [0.15, 0.2) is 0 Å². The van der Waals surface area contributed by atoms with Crippen LogP contribution >= 0.6 is 12.2 Å². The zero-order valence-corrected chi connectivity index (χ0v) is 12.2. The van der Waals surface area contributed by atoms with Crippen LogP contribution in [0.25, 0.3) is 0 Å². The Bertz CT molecular complexity index is 441. The van der Waals surface area contributed by atoms with E-state index in [1.165, 1.54) is 5.56 Å². The summed E-state index contributed by atoms with van der Waals surface area (Å²) < 4.78 is 10.9. The van der Waals surface area contributed by atoms with Crippen molar-refractivity contribution >= 4 is 17.2 Å². The third kappa shape index (κ3) is 3.51. The second kappa shape index (κ2) is 6.43.